The van der Waals surface area contributed by atoms with Crippen molar-refractivity contribution in [1.82, 2.24) is 20.2 Å². The summed E-state index contributed by atoms with van der Waals surface area (Å²) in [5, 5.41) is 3.76. The normalized spacial score (nSPS) is 18.0. The second kappa shape index (κ2) is 7.85. The molecule has 1 aliphatic heterocycles. The van der Waals surface area contributed by atoms with Gasteiger partial charge in [-0.05, 0) is 51.7 Å². The molecule has 4 heteroatoms. The number of likely N-dealkylation sites (tertiary alicyclic amines) is 1. The van der Waals surface area contributed by atoms with Crippen molar-refractivity contribution < 1.29 is 0 Å². The zero-order valence-corrected chi connectivity index (χ0v) is 13.8. The zero-order valence-electron chi connectivity index (χ0n) is 13.8. The second-order valence-corrected chi connectivity index (χ2v) is 6.02. The summed E-state index contributed by atoms with van der Waals surface area (Å²) >= 11 is 0. The average molecular weight is 290 g/mol. The highest BCUT2D eigenvalue weighted by atomic mass is 15.2. The highest BCUT2D eigenvalue weighted by Gasteiger charge is 2.43. The van der Waals surface area contributed by atoms with Gasteiger partial charge in [0.2, 0.25) is 0 Å². The minimum Gasteiger partial charge on any atom is -0.307 e. The largest absolute Gasteiger partial charge is 0.307 e. The van der Waals surface area contributed by atoms with Gasteiger partial charge in [-0.2, -0.15) is 0 Å². The van der Waals surface area contributed by atoms with Crippen molar-refractivity contribution in [3.63, 3.8) is 0 Å². The molecular formula is C17H30N4. The molecule has 1 fully saturated rings. The molecule has 1 unspecified atom stereocenters. The molecule has 1 N–H and O–H groups in total. The van der Waals surface area contributed by atoms with Crippen LogP contribution in [0.1, 0.15) is 64.6 Å². The van der Waals surface area contributed by atoms with Crippen LogP contribution in [0.2, 0.25) is 0 Å². The van der Waals surface area contributed by atoms with Crippen molar-refractivity contribution in [1.29, 1.82) is 0 Å². The zero-order chi connectivity index (χ0) is 15.1. The van der Waals surface area contributed by atoms with E-state index in [0.29, 0.717) is 0 Å². The molecule has 21 heavy (non-hydrogen) atoms. The van der Waals surface area contributed by atoms with Crippen LogP contribution < -0.4 is 5.32 Å². The Balaban J connectivity index is 2.34. The van der Waals surface area contributed by atoms with Crippen molar-refractivity contribution in [3.05, 3.63) is 24.3 Å². The van der Waals surface area contributed by atoms with Crippen LogP contribution >= 0.6 is 0 Å². The van der Waals surface area contributed by atoms with Crippen LogP contribution in [0.4, 0.5) is 0 Å². The van der Waals surface area contributed by atoms with Gasteiger partial charge in [0.05, 0.1) is 17.9 Å². The average Bonchev–Trinajstić information content (AvgIpc) is 3.07. The molecule has 2 heterocycles. The van der Waals surface area contributed by atoms with Crippen molar-refractivity contribution in [3.8, 4) is 0 Å². The third-order valence-corrected chi connectivity index (χ3v) is 4.98. The van der Waals surface area contributed by atoms with E-state index in [1.165, 1.54) is 25.9 Å². The van der Waals surface area contributed by atoms with E-state index in [1.54, 1.807) is 6.20 Å². The Hall–Kier alpha value is -1.00. The molecule has 1 aromatic rings. The number of hydrogen-bond acceptors (Lipinski definition) is 4. The van der Waals surface area contributed by atoms with Crippen molar-refractivity contribution in [2.45, 2.75) is 64.5 Å². The summed E-state index contributed by atoms with van der Waals surface area (Å²) in [4.78, 5) is 11.6. The third-order valence-electron chi connectivity index (χ3n) is 4.98. The number of rotatable bonds is 8. The Bertz CT molecular complexity index is 397. The maximum Gasteiger partial charge on any atom is 0.0775 e. The molecule has 118 valence electrons. The molecule has 0 radical (unpaired) electrons. The van der Waals surface area contributed by atoms with Gasteiger partial charge < -0.3 is 5.32 Å². The van der Waals surface area contributed by atoms with Gasteiger partial charge in [-0.25, -0.2) is 0 Å². The fraction of sp³-hybridized carbons (Fsp3) is 0.765. The van der Waals surface area contributed by atoms with E-state index < -0.39 is 0 Å². The lowest BCUT2D eigenvalue weighted by atomic mass is 9.81. The predicted molar refractivity (Wildman–Crippen MR) is 87.2 cm³/mol. The lowest BCUT2D eigenvalue weighted by molar-refractivity contribution is 0.0599. The number of aromatic nitrogens is 2. The molecule has 1 aromatic heterocycles. The van der Waals surface area contributed by atoms with E-state index in [0.717, 1.165) is 31.5 Å². The fourth-order valence-corrected chi connectivity index (χ4v) is 3.77. The summed E-state index contributed by atoms with van der Waals surface area (Å²) in [6.45, 7) is 10.3. The van der Waals surface area contributed by atoms with E-state index >= 15 is 0 Å². The van der Waals surface area contributed by atoms with Crippen molar-refractivity contribution >= 4 is 0 Å². The maximum atomic E-state index is 4.61. The van der Waals surface area contributed by atoms with Gasteiger partial charge in [0, 0.05) is 17.9 Å². The Morgan fingerprint density at radius 1 is 1.19 bits per heavy atom. The molecule has 0 bridgehead atoms. The predicted octanol–water partition coefficient (Wildman–Crippen LogP) is 3.17. The lowest BCUT2D eigenvalue weighted by Crippen LogP contribution is -2.55. The smallest absolute Gasteiger partial charge is 0.0775 e. The first-order valence-corrected chi connectivity index (χ1v) is 8.52. The monoisotopic (exact) mass is 290 g/mol. The molecule has 1 atom stereocenters. The van der Waals surface area contributed by atoms with Crippen LogP contribution in [0, 0.1) is 0 Å². The lowest BCUT2D eigenvalue weighted by Gasteiger charge is -2.47. The van der Waals surface area contributed by atoms with Crippen LogP contribution in [0.5, 0.6) is 0 Å². The highest BCUT2D eigenvalue weighted by molar-refractivity contribution is 5.13. The second-order valence-electron chi connectivity index (χ2n) is 6.02. The van der Waals surface area contributed by atoms with Gasteiger partial charge in [0.1, 0.15) is 0 Å². The summed E-state index contributed by atoms with van der Waals surface area (Å²) in [6.07, 6.45) is 11.6. The fourth-order valence-electron chi connectivity index (χ4n) is 3.77. The molecule has 0 aromatic carbocycles. The Kier molecular flexibility index (Phi) is 6.12. The van der Waals surface area contributed by atoms with Crippen LogP contribution in [0.3, 0.4) is 0 Å². The van der Waals surface area contributed by atoms with E-state index in [9.17, 15) is 0 Å². The Morgan fingerprint density at radius 2 is 1.90 bits per heavy atom. The summed E-state index contributed by atoms with van der Waals surface area (Å²) < 4.78 is 0. The molecule has 1 saturated heterocycles. The summed E-state index contributed by atoms with van der Waals surface area (Å²) in [5.41, 5.74) is 1.24. The molecule has 2 rings (SSSR count). The minimum absolute atomic E-state index is 0.154. The van der Waals surface area contributed by atoms with E-state index in [-0.39, 0.29) is 11.6 Å². The minimum atomic E-state index is 0.154. The van der Waals surface area contributed by atoms with Gasteiger partial charge in [0.25, 0.3) is 0 Å². The van der Waals surface area contributed by atoms with Crippen molar-refractivity contribution in [2.75, 3.05) is 19.6 Å². The van der Waals surface area contributed by atoms with E-state index in [4.69, 9.17) is 0 Å². The van der Waals surface area contributed by atoms with Gasteiger partial charge in [0.15, 0.2) is 0 Å². The molecule has 4 nitrogen and oxygen atoms in total. The van der Waals surface area contributed by atoms with E-state index in [2.05, 4.69) is 41.0 Å². The molecule has 0 spiro atoms. The topological polar surface area (TPSA) is 41.1 Å². The first-order chi connectivity index (χ1) is 10.3. The van der Waals surface area contributed by atoms with Gasteiger partial charge >= 0.3 is 0 Å². The summed E-state index contributed by atoms with van der Waals surface area (Å²) in [6, 6.07) is 0.263. The van der Waals surface area contributed by atoms with Gasteiger partial charge in [-0.3, -0.25) is 14.9 Å². The van der Waals surface area contributed by atoms with Gasteiger partial charge in [-0.1, -0.05) is 20.8 Å². The first kappa shape index (κ1) is 16.4. The number of nitrogens with zero attached hydrogens (tertiary/aromatic N) is 3. The molecular weight excluding hydrogens is 260 g/mol. The molecule has 0 aliphatic carbocycles. The molecule has 0 amide bonds. The standard InChI is InChI=1S/C17H30N4/c1-4-9-20-16(15-14-18-10-11-19-15)17(5-2,6-3)21-12-7-8-13-21/h10-11,14,16,20H,4-9,12-13H2,1-3H3. The van der Waals surface area contributed by atoms with Crippen LogP contribution in [-0.4, -0.2) is 40.0 Å². The summed E-state index contributed by atoms with van der Waals surface area (Å²) in [7, 11) is 0. The van der Waals surface area contributed by atoms with Crippen molar-refractivity contribution in [2.24, 2.45) is 0 Å². The highest BCUT2D eigenvalue weighted by Crippen LogP contribution is 2.38. The number of nitrogens with one attached hydrogen (secondary N) is 1. The Morgan fingerprint density at radius 3 is 2.43 bits per heavy atom. The maximum absolute atomic E-state index is 4.61. The Labute approximate surface area is 129 Å². The van der Waals surface area contributed by atoms with Crippen LogP contribution in [0.15, 0.2) is 18.6 Å². The molecule has 1 aliphatic rings. The SMILES string of the molecule is CCCNC(c1cnccn1)C(CC)(CC)N1CCCC1. The van der Waals surface area contributed by atoms with Gasteiger partial charge in [-0.15, -0.1) is 0 Å². The first-order valence-electron chi connectivity index (χ1n) is 8.52. The molecule has 0 saturated carbocycles. The third kappa shape index (κ3) is 3.43. The number of hydrogen-bond donors (Lipinski definition) is 1. The van der Waals surface area contributed by atoms with Crippen LogP contribution in [0.25, 0.3) is 0 Å². The van der Waals surface area contributed by atoms with E-state index in [1.807, 2.05) is 12.4 Å². The quantitative estimate of drug-likeness (QED) is 0.798. The van der Waals surface area contributed by atoms with Crippen LogP contribution in [-0.2, 0) is 0 Å². The summed E-state index contributed by atoms with van der Waals surface area (Å²) in [5.74, 6) is 0.